The molecule has 1 N–H and O–H groups in total. The van der Waals surface area contributed by atoms with Gasteiger partial charge in [0.1, 0.15) is 0 Å². The Balaban J connectivity index is 2.17. The number of aliphatic hydroxyl groups is 1. The van der Waals surface area contributed by atoms with Crippen molar-refractivity contribution in [1.82, 2.24) is 0 Å². The summed E-state index contributed by atoms with van der Waals surface area (Å²) in [6.07, 6.45) is -9.95. The highest BCUT2D eigenvalue weighted by Gasteiger charge is 2.71. The second-order valence-corrected chi connectivity index (χ2v) is 5.49. The van der Waals surface area contributed by atoms with Gasteiger partial charge < -0.3 is 5.11 Å². The predicted octanol–water partition coefficient (Wildman–Crippen LogP) is 3.67. The van der Waals surface area contributed by atoms with Gasteiger partial charge in [-0.2, -0.15) is 26.3 Å². The van der Waals surface area contributed by atoms with E-state index in [9.17, 15) is 26.3 Å². The number of fused-ring (bicyclic) bond motifs is 2. The zero-order chi connectivity index (χ0) is 13.8. The first-order chi connectivity index (χ1) is 8.04. The second-order valence-electron chi connectivity index (χ2n) is 5.49. The molecule has 2 fully saturated rings. The molecule has 106 valence electrons. The van der Waals surface area contributed by atoms with Crippen molar-refractivity contribution in [2.75, 3.05) is 0 Å². The van der Waals surface area contributed by atoms with Gasteiger partial charge in [0, 0.05) is 0 Å². The zero-order valence-electron chi connectivity index (χ0n) is 9.48. The Bertz CT molecular complexity index is 306. The van der Waals surface area contributed by atoms with Crippen LogP contribution in [0, 0.1) is 17.8 Å². The summed E-state index contributed by atoms with van der Waals surface area (Å²) in [5.74, 6) is -0.519. The number of hydrogen-bond donors (Lipinski definition) is 1. The molecule has 0 aromatic carbocycles. The molecule has 0 aromatic rings. The number of halogens is 6. The van der Waals surface area contributed by atoms with Crippen molar-refractivity contribution >= 4 is 0 Å². The van der Waals surface area contributed by atoms with Gasteiger partial charge in [-0.15, -0.1) is 0 Å². The van der Waals surface area contributed by atoms with Gasteiger partial charge in [-0.1, -0.05) is 6.42 Å². The highest BCUT2D eigenvalue weighted by molar-refractivity contribution is 5.00. The van der Waals surface area contributed by atoms with Gasteiger partial charge in [-0.05, 0) is 43.4 Å². The van der Waals surface area contributed by atoms with Gasteiger partial charge in [0.25, 0.3) is 5.60 Å². The Hall–Kier alpha value is -0.460. The Morgan fingerprint density at radius 1 is 0.889 bits per heavy atom. The van der Waals surface area contributed by atoms with Crippen molar-refractivity contribution in [3.8, 4) is 0 Å². The molecule has 2 bridgehead atoms. The molecule has 2 unspecified atom stereocenters. The molecule has 7 heteroatoms. The summed E-state index contributed by atoms with van der Waals surface area (Å²) in [5, 5.41) is 9.12. The van der Waals surface area contributed by atoms with E-state index in [0.717, 1.165) is 6.42 Å². The van der Waals surface area contributed by atoms with Crippen molar-refractivity contribution in [2.45, 2.75) is 50.1 Å². The van der Waals surface area contributed by atoms with Crippen LogP contribution in [0.1, 0.15) is 32.1 Å². The summed E-state index contributed by atoms with van der Waals surface area (Å²) < 4.78 is 75.2. The van der Waals surface area contributed by atoms with Crippen molar-refractivity contribution in [1.29, 1.82) is 0 Å². The molecule has 0 radical (unpaired) electrons. The minimum Gasteiger partial charge on any atom is -0.374 e. The fourth-order valence-corrected chi connectivity index (χ4v) is 3.40. The Morgan fingerprint density at radius 2 is 1.44 bits per heavy atom. The lowest BCUT2D eigenvalue weighted by atomic mass is 9.79. The maximum absolute atomic E-state index is 12.5. The summed E-state index contributed by atoms with van der Waals surface area (Å²) in [6.45, 7) is 0. The van der Waals surface area contributed by atoms with Gasteiger partial charge in [-0.3, -0.25) is 0 Å². The third-order valence-corrected chi connectivity index (χ3v) is 4.38. The van der Waals surface area contributed by atoms with Crippen LogP contribution in [0.15, 0.2) is 0 Å². The van der Waals surface area contributed by atoms with E-state index in [4.69, 9.17) is 5.11 Å². The zero-order valence-corrected chi connectivity index (χ0v) is 9.48. The summed E-state index contributed by atoms with van der Waals surface area (Å²) in [4.78, 5) is 0. The molecular formula is C11H14F6O. The minimum atomic E-state index is -5.67. The van der Waals surface area contributed by atoms with Gasteiger partial charge in [0.05, 0.1) is 0 Å². The highest BCUT2D eigenvalue weighted by atomic mass is 19.4. The molecule has 2 rings (SSSR count). The maximum atomic E-state index is 12.5. The normalized spacial score (nSPS) is 33.2. The quantitative estimate of drug-likeness (QED) is 0.763. The Kier molecular flexibility index (Phi) is 3.11. The first kappa shape index (κ1) is 14.0. The van der Waals surface area contributed by atoms with E-state index >= 15 is 0 Å². The van der Waals surface area contributed by atoms with Crippen molar-refractivity contribution in [3.63, 3.8) is 0 Å². The molecule has 18 heavy (non-hydrogen) atoms. The predicted molar refractivity (Wildman–Crippen MR) is 50.6 cm³/mol. The van der Waals surface area contributed by atoms with Crippen molar-refractivity contribution in [2.24, 2.45) is 17.8 Å². The second kappa shape index (κ2) is 4.02. The monoisotopic (exact) mass is 276 g/mol. The molecule has 0 aromatic heterocycles. The van der Waals surface area contributed by atoms with Crippen molar-refractivity contribution < 1.29 is 31.4 Å². The molecule has 2 aliphatic rings. The van der Waals surface area contributed by atoms with E-state index in [1.165, 1.54) is 0 Å². The van der Waals surface area contributed by atoms with Crippen LogP contribution < -0.4 is 0 Å². The minimum absolute atomic E-state index is 0.0915. The van der Waals surface area contributed by atoms with Crippen LogP contribution in [-0.2, 0) is 0 Å². The van der Waals surface area contributed by atoms with E-state index in [0.29, 0.717) is 19.3 Å². The Labute approximate surface area is 100 Å². The molecule has 3 atom stereocenters. The SMILES string of the molecule is OC(C[C@H]1CC2CCC1C2)(C(F)(F)F)C(F)(F)F. The standard InChI is InChI=1S/C11H14F6O/c12-10(13,14)9(18,11(15,16)17)5-8-4-6-1-2-7(8)3-6/h6-8,18H,1-5H2/t6?,7?,8-/m1/s1. The molecule has 2 aliphatic carbocycles. The van der Waals surface area contributed by atoms with Crippen LogP contribution in [0.25, 0.3) is 0 Å². The van der Waals surface area contributed by atoms with E-state index in [-0.39, 0.29) is 11.8 Å². The van der Waals surface area contributed by atoms with E-state index < -0.39 is 30.3 Å². The maximum Gasteiger partial charge on any atom is 0.426 e. The molecular weight excluding hydrogens is 262 g/mol. The average Bonchev–Trinajstić information content (AvgIpc) is 2.75. The van der Waals surface area contributed by atoms with Gasteiger partial charge in [0.15, 0.2) is 0 Å². The highest BCUT2D eigenvalue weighted by Crippen LogP contribution is 2.55. The molecule has 0 aliphatic heterocycles. The lowest BCUT2D eigenvalue weighted by molar-refractivity contribution is -0.373. The van der Waals surface area contributed by atoms with E-state index in [1.807, 2.05) is 0 Å². The van der Waals surface area contributed by atoms with Crippen LogP contribution in [0.3, 0.4) is 0 Å². The Morgan fingerprint density at radius 3 is 1.78 bits per heavy atom. The largest absolute Gasteiger partial charge is 0.426 e. The molecule has 0 amide bonds. The van der Waals surface area contributed by atoms with Crippen LogP contribution >= 0.6 is 0 Å². The summed E-state index contributed by atoms with van der Waals surface area (Å²) in [6, 6.07) is 0. The van der Waals surface area contributed by atoms with Crippen LogP contribution in [0.4, 0.5) is 26.3 Å². The van der Waals surface area contributed by atoms with Gasteiger partial charge in [0.2, 0.25) is 0 Å². The first-order valence-corrected chi connectivity index (χ1v) is 5.90. The molecule has 0 spiro atoms. The molecule has 1 nitrogen and oxygen atoms in total. The first-order valence-electron chi connectivity index (χ1n) is 5.90. The lowest BCUT2D eigenvalue weighted by Crippen LogP contribution is -2.58. The molecule has 0 heterocycles. The third kappa shape index (κ3) is 2.10. The average molecular weight is 276 g/mol. The van der Waals surface area contributed by atoms with Gasteiger partial charge in [-0.25, -0.2) is 0 Å². The van der Waals surface area contributed by atoms with E-state index in [1.54, 1.807) is 0 Å². The third-order valence-electron chi connectivity index (χ3n) is 4.38. The van der Waals surface area contributed by atoms with Crippen LogP contribution in [0.2, 0.25) is 0 Å². The molecule has 2 saturated carbocycles. The topological polar surface area (TPSA) is 20.2 Å². The van der Waals surface area contributed by atoms with Crippen LogP contribution in [0.5, 0.6) is 0 Å². The van der Waals surface area contributed by atoms with Crippen LogP contribution in [-0.4, -0.2) is 23.1 Å². The summed E-state index contributed by atoms with van der Waals surface area (Å²) in [7, 11) is 0. The fraction of sp³-hybridized carbons (Fsp3) is 1.00. The number of hydrogen-bond acceptors (Lipinski definition) is 1. The van der Waals surface area contributed by atoms with E-state index in [2.05, 4.69) is 0 Å². The smallest absolute Gasteiger partial charge is 0.374 e. The summed E-state index contributed by atoms with van der Waals surface area (Å²) in [5.41, 5.74) is -4.56. The fourth-order valence-electron chi connectivity index (χ4n) is 3.40. The number of alkyl halides is 6. The summed E-state index contributed by atoms with van der Waals surface area (Å²) >= 11 is 0. The molecule has 0 saturated heterocycles. The van der Waals surface area contributed by atoms with Gasteiger partial charge >= 0.3 is 12.4 Å². The van der Waals surface area contributed by atoms with Crippen molar-refractivity contribution in [3.05, 3.63) is 0 Å². The lowest BCUT2D eigenvalue weighted by Gasteiger charge is -2.36. The number of rotatable bonds is 2.